The predicted molar refractivity (Wildman–Crippen MR) is 117 cm³/mol. The number of fused-ring (bicyclic) bond motifs is 1. The van der Waals surface area contributed by atoms with Crippen molar-refractivity contribution >= 4 is 44.2 Å². The fraction of sp³-hybridized carbons (Fsp3) is 0.333. The SMILES string of the molecule is CCCCOCCONC(=O)c1cc2c(ncn2C)c(F)c1Nc1ccc(Br)cc1F. The molecule has 0 aliphatic heterocycles. The zero-order valence-corrected chi connectivity index (χ0v) is 18.8. The molecule has 0 radical (unpaired) electrons. The fourth-order valence-electron chi connectivity index (χ4n) is 2.87. The Morgan fingerprint density at radius 2 is 2.03 bits per heavy atom. The van der Waals surface area contributed by atoms with Gasteiger partial charge in [-0.2, -0.15) is 0 Å². The number of benzene rings is 2. The smallest absolute Gasteiger partial charge is 0.277 e. The molecule has 3 aromatic rings. The lowest BCUT2D eigenvalue weighted by atomic mass is 10.1. The molecular weight excluding hydrogens is 474 g/mol. The first kappa shape index (κ1) is 23.1. The van der Waals surface area contributed by atoms with Crippen molar-refractivity contribution in [2.45, 2.75) is 19.8 Å². The van der Waals surface area contributed by atoms with Crippen LogP contribution >= 0.6 is 15.9 Å². The Balaban J connectivity index is 1.83. The fourth-order valence-corrected chi connectivity index (χ4v) is 3.21. The highest BCUT2D eigenvalue weighted by Gasteiger charge is 2.22. The zero-order chi connectivity index (χ0) is 22.4. The van der Waals surface area contributed by atoms with Gasteiger partial charge in [0, 0.05) is 18.1 Å². The number of hydroxylamine groups is 1. The summed E-state index contributed by atoms with van der Waals surface area (Å²) in [6, 6.07) is 5.75. The van der Waals surface area contributed by atoms with Crippen LogP contribution < -0.4 is 10.8 Å². The highest BCUT2D eigenvalue weighted by atomic mass is 79.9. The van der Waals surface area contributed by atoms with Crippen LogP contribution in [0.25, 0.3) is 11.0 Å². The van der Waals surface area contributed by atoms with E-state index < -0.39 is 17.5 Å². The van der Waals surface area contributed by atoms with Crippen LogP contribution in [0.4, 0.5) is 20.2 Å². The van der Waals surface area contributed by atoms with Gasteiger partial charge in [0.05, 0.1) is 42.0 Å². The second-order valence-corrected chi connectivity index (χ2v) is 7.75. The van der Waals surface area contributed by atoms with Crippen LogP contribution in [0.3, 0.4) is 0 Å². The summed E-state index contributed by atoms with van der Waals surface area (Å²) >= 11 is 3.18. The van der Waals surface area contributed by atoms with Crippen molar-refractivity contribution in [3.8, 4) is 0 Å². The van der Waals surface area contributed by atoms with E-state index in [-0.39, 0.29) is 29.1 Å². The summed E-state index contributed by atoms with van der Waals surface area (Å²) < 4.78 is 37.1. The molecule has 1 aromatic heterocycles. The van der Waals surface area contributed by atoms with Gasteiger partial charge in [0.2, 0.25) is 0 Å². The topological polar surface area (TPSA) is 77.4 Å². The molecule has 1 heterocycles. The Bertz CT molecular complexity index is 1070. The van der Waals surface area contributed by atoms with Gasteiger partial charge < -0.3 is 14.6 Å². The van der Waals surface area contributed by atoms with Crippen molar-refractivity contribution in [1.82, 2.24) is 15.0 Å². The molecule has 3 rings (SSSR count). The molecule has 10 heteroatoms. The number of hydrogen-bond acceptors (Lipinski definition) is 5. The summed E-state index contributed by atoms with van der Waals surface area (Å²) in [5.74, 6) is -2.06. The maximum Gasteiger partial charge on any atom is 0.277 e. The molecule has 1 amide bonds. The van der Waals surface area contributed by atoms with Crippen molar-refractivity contribution in [3.05, 3.63) is 52.3 Å². The summed E-state index contributed by atoms with van der Waals surface area (Å²) in [5.41, 5.74) is 2.51. The summed E-state index contributed by atoms with van der Waals surface area (Å²) in [5, 5.41) is 2.68. The first-order valence-electron chi connectivity index (χ1n) is 9.77. The van der Waals surface area contributed by atoms with Crippen molar-refractivity contribution in [3.63, 3.8) is 0 Å². The number of halogens is 3. The van der Waals surface area contributed by atoms with Crippen LogP contribution in [-0.4, -0.2) is 35.3 Å². The number of aromatic nitrogens is 2. The Morgan fingerprint density at radius 1 is 1.23 bits per heavy atom. The maximum atomic E-state index is 15.3. The Kier molecular flexibility index (Phi) is 7.94. The van der Waals surface area contributed by atoms with E-state index >= 15 is 4.39 Å². The van der Waals surface area contributed by atoms with E-state index in [1.54, 1.807) is 17.7 Å². The lowest BCUT2D eigenvalue weighted by molar-refractivity contribution is -0.000862. The van der Waals surface area contributed by atoms with Gasteiger partial charge in [-0.1, -0.05) is 29.3 Å². The van der Waals surface area contributed by atoms with Crippen LogP contribution in [0.5, 0.6) is 0 Å². The van der Waals surface area contributed by atoms with E-state index in [0.717, 1.165) is 12.8 Å². The molecule has 0 spiro atoms. The molecule has 0 atom stereocenters. The Morgan fingerprint density at radius 3 is 2.77 bits per heavy atom. The molecule has 0 aliphatic rings. The molecule has 7 nitrogen and oxygen atoms in total. The first-order chi connectivity index (χ1) is 14.9. The molecule has 0 unspecified atom stereocenters. The number of nitrogens with one attached hydrogen (secondary N) is 2. The summed E-state index contributed by atoms with van der Waals surface area (Å²) in [4.78, 5) is 21.9. The van der Waals surface area contributed by atoms with E-state index in [1.807, 2.05) is 0 Å². The molecule has 0 bridgehead atoms. The van der Waals surface area contributed by atoms with Crippen LogP contribution in [0.2, 0.25) is 0 Å². The van der Waals surface area contributed by atoms with Crippen molar-refractivity contribution in [1.29, 1.82) is 0 Å². The number of hydrogen-bond donors (Lipinski definition) is 2. The largest absolute Gasteiger partial charge is 0.379 e. The zero-order valence-electron chi connectivity index (χ0n) is 17.2. The number of unbranched alkanes of at least 4 members (excludes halogenated alkanes) is 1. The van der Waals surface area contributed by atoms with E-state index in [2.05, 4.69) is 38.6 Å². The van der Waals surface area contributed by atoms with Crippen LogP contribution in [0.15, 0.2) is 35.1 Å². The van der Waals surface area contributed by atoms with Crippen molar-refractivity contribution in [2.24, 2.45) is 7.05 Å². The minimum atomic E-state index is -0.770. The number of nitrogens with zero attached hydrogens (tertiary/aromatic N) is 2. The number of imidazole rings is 1. The third-order valence-electron chi connectivity index (χ3n) is 4.53. The summed E-state index contributed by atoms with van der Waals surface area (Å²) in [7, 11) is 1.68. The molecule has 166 valence electrons. The molecule has 2 aromatic carbocycles. The number of aryl methyl sites for hydroxylation is 1. The second kappa shape index (κ2) is 10.7. The van der Waals surface area contributed by atoms with Gasteiger partial charge in [-0.3, -0.25) is 9.63 Å². The summed E-state index contributed by atoms with van der Waals surface area (Å²) in [6.45, 7) is 3.12. The van der Waals surface area contributed by atoms with Gasteiger partial charge in [0.1, 0.15) is 11.3 Å². The number of carbonyl (C=O) groups is 1. The van der Waals surface area contributed by atoms with Crippen LogP contribution in [0.1, 0.15) is 30.1 Å². The highest BCUT2D eigenvalue weighted by molar-refractivity contribution is 9.10. The predicted octanol–water partition coefficient (Wildman–Crippen LogP) is 4.84. The maximum absolute atomic E-state index is 15.3. The number of ether oxygens (including phenoxy) is 1. The monoisotopic (exact) mass is 496 g/mol. The number of amides is 1. The second-order valence-electron chi connectivity index (χ2n) is 6.83. The average molecular weight is 497 g/mol. The quantitative estimate of drug-likeness (QED) is 0.310. The van der Waals surface area contributed by atoms with Gasteiger partial charge in [-0.15, -0.1) is 0 Å². The van der Waals surface area contributed by atoms with Crippen LogP contribution in [0, 0.1) is 11.6 Å². The summed E-state index contributed by atoms with van der Waals surface area (Å²) in [6.07, 6.45) is 3.40. The van der Waals surface area contributed by atoms with E-state index in [4.69, 9.17) is 9.57 Å². The molecule has 0 saturated heterocycles. The van der Waals surface area contributed by atoms with Gasteiger partial charge in [-0.05, 0) is 30.7 Å². The molecule has 31 heavy (non-hydrogen) atoms. The third kappa shape index (κ3) is 5.57. The molecular formula is C21H23BrF2N4O3. The minimum absolute atomic E-state index is 0.0108. The minimum Gasteiger partial charge on any atom is -0.379 e. The Hall–Kier alpha value is -2.56. The normalized spacial score (nSPS) is 11.1. The van der Waals surface area contributed by atoms with Crippen molar-refractivity contribution < 1.29 is 23.1 Å². The third-order valence-corrected chi connectivity index (χ3v) is 5.03. The van der Waals surface area contributed by atoms with Gasteiger partial charge in [0.15, 0.2) is 5.82 Å². The first-order valence-corrected chi connectivity index (χ1v) is 10.6. The highest BCUT2D eigenvalue weighted by Crippen LogP contribution is 2.32. The van der Waals surface area contributed by atoms with E-state index in [1.165, 1.54) is 24.5 Å². The molecule has 0 fully saturated rings. The lowest BCUT2D eigenvalue weighted by Crippen LogP contribution is -2.26. The molecule has 0 saturated carbocycles. The van der Waals surface area contributed by atoms with Crippen molar-refractivity contribution in [2.75, 3.05) is 25.1 Å². The number of rotatable bonds is 10. The number of carbonyl (C=O) groups excluding carboxylic acids is 1. The van der Waals surface area contributed by atoms with E-state index in [0.29, 0.717) is 23.2 Å². The Labute approximate surface area is 186 Å². The number of anilines is 2. The average Bonchev–Trinajstić information content (AvgIpc) is 3.11. The lowest BCUT2D eigenvalue weighted by Gasteiger charge is -2.15. The molecule has 2 N–H and O–H groups in total. The molecule has 0 aliphatic carbocycles. The van der Waals surface area contributed by atoms with E-state index in [9.17, 15) is 9.18 Å². The van der Waals surface area contributed by atoms with Gasteiger partial charge >= 0.3 is 0 Å². The standard InChI is InChI=1S/C21H23BrF2N4O3/c1-3-4-7-30-8-9-31-27-21(29)14-11-17-20(25-12-28(17)2)18(24)19(14)26-16-6-5-13(22)10-15(16)23/h5-6,10-12,26H,3-4,7-9H2,1-2H3,(H,27,29). The van der Waals surface area contributed by atoms with Crippen LogP contribution in [-0.2, 0) is 16.6 Å². The van der Waals surface area contributed by atoms with Gasteiger partial charge in [-0.25, -0.2) is 19.2 Å². The van der Waals surface area contributed by atoms with Gasteiger partial charge in [0.25, 0.3) is 5.91 Å².